The molecule has 1 saturated carbocycles. The van der Waals surface area contributed by atoms with Crippen molar-refractivity contribution in [3.63, 3.8) is 0 Å². The Morgan fingerprint density at radius 2 is 1.58 bits per heavy atom. The second kappa shape index (κ2) is 14.2. The Balaban J connectivity index is 1.75. The number of sulfonamides is 1. The molecule has 1 atom stereocenters. The summed E-state index contributed by atoms with van der Waals surface area (Å²) in [4.78, 5) is 39.6. The number of benzene rings is 3. The van der Waals surface area contributed by atoms with Gasteiger partial charge >= 0.3 is 0 Å². The van der Waals surface area contributed by atoms with Crippen molar-refractivity contribution in [1.29, 1.82) is 0 Å². The molecule has 0 heterocycles. The Hall–Kier alpha value is -3.67. The highest BCUT2D eigenvalue weighted by atomic mass is 35.5. The van der Waals surface area contributed by atoms with E-state index in [0.29, 0.717) is 15.6 Å². The Kier molecular flexibility index (Phi) is 10.6. The summed E-state index contributed by atoms with van der Waals surface area (Å²) < 4.78 is 28.6. The summed E-state index contributed by atoms with van der Waals surface area (Å²) in [6.45, 7) is 0.930. The van der Waals surface area contributed by atoms with Crippen molar-refractivity contribution in [3.05, 3.63) is 98.5 Å². The fourth-order valence-corrected chi connectivity index (χ4v) is 7.08. The molecule has 4 rings (SSSR count). The van der Waals surface area contributed by atoms with Crippen LogP contribution in [-0.2, 0) is 26.2 Å². The Bertz CT molecular complexity index is 1540. The number of nitrogens with one attached hydrogen (secondary N) is 1. The summed E-state index contributed by atoms with van der Waals surface area (Å²) >= 11 is 12.9. The van der Waals surface area contributed by atoms with Crippen LogP contribution in [0.5, 0.6) is 0 Å². The van der Waals surface area contributed by atoms with Gasteiger partial charge in [-0.2, -0.15) is 0 Å². The Morgan fingerprint density at radius 3 is 2.14 bits per heavy atom. The summed E-state index contributed by atoms with van der Waals surface area (Å²) in [7, 11) is -4.31. The molecule has 43 heavy (non-hydrogen) atoms. The average Bonchev–Trinajstić information content (AvgIpc) is 3.50. The van der Waals surface area contributed by atoms with E-state index < -0.39 is 33.4 Å². The number of halogens is 2. The molecule has 0 bridgehead atoms. The number of rotatable bonds is 12. The summed E-state index contributed by atoms with van der Waals surface area (Å²) in [6, 6.07) is 16.4. The topological polar surface area (TPSA) is 130 Å². The highest BCUT2D eigenvalue weighted by Crippen LogP contribution is 2.30. The van der Waals surface area contributed by atoms with E-state index >= 15 is 0 Å². The van der Waals surface area contributed by atoms with Gasteiger partial charge in [0.2, 0.25) is 11.8 Å². The van der Waals surface area contributed by atoms with Crippen molar-refractivity contribution in [2.75, 3.05) is 10.8 Å². The van der Waals surface area contributed by atoms with Gasteiger partial charge in [0.25, 0.3) is 15.7 Å². The quantitative estimate of drug-likeness (QED) is 0.191. The van der Waals surface area contributed by atoms with Gasteiger partial charge in [0.15, 0.2) is 0 Å². The van der Waals surface area contributed by atoms with E-state index in [4.69, 9.17) is 23.2 Å². The van der Waals surface area contributed by atoms with E-state index in [1.54, 1.807) is 43.3 Å². The minimum absolute atomic E-state index is 0.00234. The second-order valence-electron chi connectivity index (χ2n) is 10.2. The first kappa shape index (κ1) is 32.2. The molecule has 0 aliphatic heterocycles. The summed E-state index contributed by atoms with van der Waals surface area (Å²) in [5, 5.41) is 14.9. The van der Waals surface area contributed by atoms with Gasteiger partial charge in [-0.1, -0.05) is 67.2 Å². The number of anilines is 1. The van der Waals surface area contributed by atoms with Gasteiger partial charge in [0, 0.05) is 40.3 Å². The van der Waals surface area contributed by atoms with Crippen LogP contribution in [0.25, 0.3) is 0 Å². The predicted octanol–water partition coefficient (Wildman–Crippen LogP) is 5.96. The molecule has 0 aromatic heterocycles. The molecule has 3 aromatic carbocycles. The normalized spacial score (nSPS) is 14.2. The maximum atomic E-state index is 14.2. The van der Waals surface area contributed by atoms with Crippen LogP contribution in [-0.4, -0.2) is 48.7 Å². The molecule has 1 fully saturated rings. The number of nitro groups is 1. The van der Waals surface area contributed by atoms with Gasteiger partial charge in [-0.05, 0) is 55.7 Å². The number of carbonyl (C=O) groups is 2. The standard InChI is InChI=1S/C30H32Cl2N4O6S/c1-2-28(30(38)33-21-9-6-7-10-21)34(19-25-26(31)13-8-14-27(25)32)29(37)20-35(22-15-17-23(18-16-22)36(39)40)43(41,42)24-11-4-3-5-12-24/h3-5,8,11-18,21,28H,2,6-7,9-10,19-20H2,1H3,(H,33,38). The maximum absolute atomic E-state index is 14.2. The number of nitrogens with zero attached hydrogens (tertiary/aromatic N) is 3. The SMILES string of the molecule is CCC(C(=O)NC1CCCC1)N(Cc1c(Cl)cccc1Cl)C(=O)CN(c1ccc([N+](=O)[O-])cc1)S(=O)(=O)c1ccccc1. The molecule has 1 aliphatic carbocycles. The van der Waals surface area contributed by atoms with Crippen LogP contribution >= 0.6 is 23.2 Å². The third-order valence-corrected chi connectivity index (χ3v) is 9.93. The first-order valence-electron chi connectivity index (χ1n) is 13.9. The molecule has 0 radical (unpaired) electrons. The third-order valence-electron chi connectivity index (χ3n) is 7.44. The van der Waals surface area contributed by atoms with Crippen LogP contribution in [0.3, 0.4) is 0 Å². The van der Waals surface area contributed by atoms with Crippen molar-refractivity contribution < 1.29 is 22.9 Å². The van der Waals surface area contributed by atoms with Crippen molar-refractivity contribution in [1.82, 2.24) is 10.2 Å². The minimum Gasteiger partial charge on any atom is -0.352 e. The lowest BCUT2D eigenvalue weighted by molar-refractivity contribution is -0.384. The molecule has 1 aliphatic rings. The molecule has 13 heteroatoms. The lowest BCUT2D eigenvalue weighted by atomic mass is 10.1. The van der Waals surface area contributed by atoms with Gasteiger partial charge in [0.1, 0.15) is 12.6 Å². The number of nitro benzene ring substituents is 1. The van der Waals surface area contributed by atoms with Crippen molar-refractivity contribution in [2.45, 2.75) is 62.6 Å². The van der Waals surface area contributed by atoms with Crippen LogP contribution in [0.4, 0.5) is 11.4 Å². The molecule has 0 saturated heterocycles. The van der Waals surface area contributed by atoms with Gasteiger partial charge in [0.05, 0.1) is 15.5 Å². The smallest absolute Gasteiger partial charge is 0.269 e. The van der Waals surface area contributed by atoms with E-state index in [1.165, 1.54) is 41.3 Å². The second-order valence-corrected chi connectivity index (χ2v) is 12.9. The van der Waals surface area contributed by atoms with Crippen molar-refractivity contribution in [2.24, 2.45) is 0 Å². The fourth-order valence-electron chi connectivity index (χ4n) is 5.13. The minimum atomic E-state index is -4.31. The first-order valence-corrected chi connectivity index (χ1v) is 16.1. The summed E-state index contributed by atoms with van der Waals surface area (Å²) in [5.74, 6) is -1.03. The number of hydrogen-bond donors (Lipinski definition) is 1. The predicted molar refractivity (Wildman–Crippen MR) is 166 cm³/mol. The van der Waals surface area contributed by atoms with Gasteiger partial charge in [-0.15, -0.1) is 0 Å². The van der Waals surface area contributed by atoms with Crippen molar-refractivity contribution >= 4 is 56.4 Å². The molecule has 228 valence electrons. The monoisotopic (exact) mass is 646 g/mol. The van der Waals surface area contributed by atoms with Gasteiger partial charge < -0.3 is 10.2 Å². The lowest BCUT2D eigenvalue weighted by Gasteiger charge is -2.34. The number of carbonyl (C=O) groups excluding carboxylic acids is 2. The Labute approximate surface area is 260 Å². The highest BCUT2D eigenvalue weighted by Gasteiger charge is 2.35. The van der Waals surface area contributed by atoms with Crippen LogP contribution in [0.1, 0.15) is 44.6 Å². The van der Waals surface area contributed by atoms with Crippen LogP contribution < -0.4 is 9.62 Å². The largest absolute Gasteiger partial charge is 0.352 e. The molecule has 3 aromatic rings. The summed E-state index contributed by atoms with van der Waals surface area (Å²) in [6.07, 6.45) is 3.93. The van der Waals surface area contributed by atoms with E-state index in [1.807, 2.05) is 0 Å². The molecule has 1 unspecified atom stereocenters. The molecule has 2 amide bonds. The van der Waals surface area contributed by atoms with Gasteiger partial charge in [-0.25, -0.2) is 8.42 Å². The fraction of sp³-hybridized carbons (Fsp3) is 0.333. The first-order chi connectivity index (χ1) is 20.5. The van der Waals surface area contributed by atoms with Crippen LogP contribution in [0.15, 0.2) is 77.7 Å². The van der Waals surface area contributed by atoms with Crippen LogP contribution in [0.2, 0.25) is 10.0 Å². The van der Waals surface area contributed by atoms with E-state index in [2.05, 4.69) is 5.32 Å². The zero-order chi connectivity index (χ0) is 31.1. The van der Waals surface area contributed by atoms with E-state index in [0.717, 1.165) is 30.0 Å². The van der Waals surface area contributed by atoms with Crippen molar-refractivity contribution in [3.8, 4) is 0 Å². The summed E-state index contributed by atoms with van der Waals surface area (Å²) in [5.41, 5.74) is 0.220. The molecular weight excluding hydrogens is 615 g/mol. The zero-order valence-corrected chi connectivity index (χ0v) is 25.8. The van der Waals surface area contributed by atoms with Gasteiger partial charge in [-0.3, -0.25) is 24.0 Å². The lowest BCUT2D eigenvalue weighted by Crippen LogP contribution is -2.53. The van der Waals surface area contributed by atoms with E-state index in [-0.39, 0.29) is 41.2 Å². The third kappa shape index (κ3) is 7.65. The maximum Gasteiger partial charge on any atom is 0.269 e. The number of hydrogen-bond acceptors (Lipinski definition) is 6. The zero-order valence-electron chi connectivity index (χ0n) is 23.5. The Morgan fingerprint density at radius 1 is 0.977 bits per heavy atom. The number of non-ortho nitro benzene ring substituents is 1. The highest BCUT2D eigenvalue weighted by molar-refractivity contribution is 7.92. The molecule has 1 N–H and O–H groups in total. The molecule has 0 spiro atoms. The van der Waals surface area contributed by atoms with E-state index in [9.17, 15) is 28.1 Å². The average molecular weight is 648 g/mol. The molecule has 10 nitrogen and oxygen atoms in total. The molecular formula is C30H32Cl2N4O6S. The van der Waals surface area contributed by atoms with Crippen LogP contribution in [0, 0.1) is 10.1 Å². The number of amides is 2.